The van der Waals surface area contributed by atoms with Crippen molar-refractivity contribution in [3.8, 4) is 0 Å². The monoisotopic (exact) mass is 281 g/mol. The summed E-state index contributed by atoms with van der Waals surface area (Å²) >= 11 is 0. The van der Waals surface area contributed by atoms with E-state index in [-0.39, 0.29) is 12.0 Å². The normalized spacial score (nSPS) is 9.42. The summed E-state index contributed by atoms with van der Waals surface area (Å²) < 4.78 is 49.7. The van der Waals surface area contributed by atoms with Crippen LogP contribution >= 0.6 is 0 Å². The summed E-state index contributed by atoms with van der Waals surface area (Å²) in [5.41, 5.74) is -1.63. The van der Waals surface area contributed by atoms with Crippen LogP contribution in [0.5, 0.6) is 0 Å². The number of hydrogen-bond acceptors (Lipinski definition) is 2. The summed E-state index contributed by atoms with van der Waals surface area (Å²) in [6, 6.07) is -0.0584. The number of nitrogens with zero attached hydrogens (tertiary/aromatic N) is 1. The average Bonchev–Trinajstić information content (AvgIpc) is 2.27. The van der Waals surface area contributed by atoms with Crippen LogP contribution in [0.15, 0.2) is 6.07 Å². The Bertz CT molecular complexity index is 477. The molecule has 1 aromatic carbocycles. The molecule has 4 nitrogen and oxygen atoms in total. The second-order valence-electron chi connectivity index (χ2n) is 3.56. The highest BCUT2D eigenvalue weighted by molar-refractivity contribution is 5.88. The number of aromatic carboxylic acids is 1. The number of benzene rings is 1. The van der Waals surface area contributed by atoms with Gasteiger partial charge in [-0.2, -0.15) is 0 Å². The maximum Gasteiger partial charge on any atom is 0.341 e. The van der Waals surface area contributed by atoms with Crippen LogP contribution in [0.1, 0.15) is 17.3 Å². The standard InChI is InChI=1S/C7H2F4O2.C4H9NO/c8-2-1-3(9)6(11)4(5(2)10)7(12)13;1-4(6)5(2)3/h1H,(H,12,13);1-3H3. The Morgan fingerprint density at radius 1 is 1.05 bits per heavy atom. The number of amides is 1. The highest BCUT2D eigenvalue weighted by Crippen LogP contribution is 2.18. The molecule has 0 fully saturated rings. The minimum Gasteiger partial charge on any atom is -0.477 e. The molecule has 0 aliphatic heterocycles. The van der Waals surface area contributed by atoms with Crippen molar-refractivity contribution in [2.75, 3.05) is 14.1 Å². The number of carboxylic acid groups (broad SMARTS) is 1. The lowest BCUT2D eigenvalue weighted by Gasteiger charge is -2.02. The lowest BCUT2D eigenvalue weighted by molar-refractivity contribution is -0.126. The predicted molar refractivity (Wildman–Crippen MR) is 57.6 cm³/mol. The highest BCUT2D eigenvalue weighted by Gasteiger charge is 2.23. The SMILES string of the molecule is CC(=O)N(C)C.O=C(O)c1c(F)c(F)cc(F)c1F. The van der Waals surface area contributed by atoms with Gasteiger partial charge in [-0.25, -0.2) is 22.4 Å². The van der Waals surface area contributed by atoms with Gasteiger partial charge in [0, 0.05) is 27.1 Å². The molecule has 8 heteroatoms. The van der Waals surface area contributed by atoms with Crippen molar-refractivity contribution in [3.63, 3.8) is 0 Å². The summed E-state index contributed by atoms with van der Waals surface area (Å²) in [5.74, 6) is -9.27. The molecule has 0 radical (unpaired) electrons. The Morgan fingerprint density at radius 2 is 1.37 bits per heavy atom. The van der Waals surface area contributed by atoms with Gasteiger partial charge in [0.15, 0.2) is 23.3 Å². The maximum atomic E-state index is 12.5. The zero-order chi connectivity index (χ0) is 15.3. The summed E-state index contributed by atoms with van der Waals surface area (Å²) in [7, 11) is 3.45. The zero-order valence-corrected chi connectivity index (χ0v) is 10.3. The van der Waals surface area contributed by atoms with Crippen LogP contribution in [0, 0.1) is 23.3 Å². The fourth-order valence-electron chi connectivity index (χ4n) is 0.761. The molecule has 19 heavy (non-hydrogen) atoms. The van der Waals surface area contributed by atoms with Gasteiger partial charge in [-0.05, 0) is 0 Å². The summed E-state index contributed by atoms with van der Waals surface area (Å²) in [6.45, 7) is 1.53. The van der Waals surface area contributed by atoms with Gasteiger partial charge >= 0.3 is 5.97 Å². The third kappa shape index (κ3) is 4.57. The van der Waals surface area contributed by atoms with Gasteiger partial charge in [0.1, 0.15) is 5.56 Å². The molecule has 1 N–H and O–H groups in total. The molecule has 1 rings (SSSR count). The van der Waals surface area contributed by atoms with E-state index < -0.39 is 34.8 Å². The first-order chi connectivity index (χ1) is 8.59. The van der Waals surface area contributed by atoms with Gasteiger partial charge in [0.2, 0.25) is 5.91 Å². The van der Waals surface area contributed by atoms with Crippen molar-refractivity contribution in [1.82, 2.24) is 4.90 Å². The first kappa shape index (κ1) is 16.9. The van der Waals surface area contributed by atoms with E-state index in [0.29, 0.717) is 0 Å². The first-order valence-corrected chi connectivity index (χ1v) is 4.83. The van der Waals surface area contributed by atoms with Crippen LogP contribution in [0.3, 0.4) is 0 Å². The van der Waals surface area contributed by atoms with Crippen molar-refractivity contribution in [3.05, 3.63) is 34.9 Å². The Morgan fingerprint density at radius 3 is 1.58 bits per heavy atom. The van der Waals surface area contributed by atoms with Gasteiger partial charge in [-0.1, -0.05) is 0 Å². The van der Waals surface area contributed by atoms with Crippen molar-refractivity contribution in [1.29, 1.82) is 0 Å². The van der Waals surface area contributed by atoms with E-state index in [2.05, 4.69) is 0 Å². The number of carbonyl (C=O) groups is 2. The fourth-order valence-corrected chi connectivity index (χ4v) is 0.761. The predicted octanol–water partition coefficient (Wildman–Crippen LogP) is 2.04. The van der Waals surface area contributed by atoms with E-state index in [1.807, 2.05) is 0 Å². The number of hydrogen-bond donors (Lipinski definition) is 1. The van der Waals surface area contributed by atoms with Crippen LogP contribution in [0.4, 0.5) is 17.6 Å². The van der Waals surface area contributed by atoms with E-state index in [1.54, 1.807) is 14.1 Å². The van der Waals surface area contributed by atoms with Crippen LogP contribution in [0.25, 0.3) is 0 Å². The zero-order valence-electron chi connectivity index (χ0n) is 10.3. The maximum absolute atomic E-state index is 12.5. The highest BCUT2D eigenvalue weighted by atomic mass is 19.2. The molecule has 0 aliphatic carbocycles. The van der Waals surface area contributed by atoms with Crippen molar-refractivity contribution in [2.24, 2.45) is 0 Å². The van der Waals surface area contributed by atoms with Crippen LogP contribution < -0.4 is 0 Å². The molecule has 0 heterocycles. The summed E-state index contributed by atoms with van der Waals surface area (Å²) in [6.07, 6.45) is 0. The number of halogens is 4. The molecule has 0 atom stereocenters. The molecule has 1 amide bonds. The lowest BCUT2D eigenvalue weighted by atomic mass is 10.2. The van der Waals surface area contributed by atoms with E-state index in [0.717, 1.165) is 0 Å². The fraction of sp³-hybridized carbons (Fsp3) is 0.273. The van der Waals surface area contributed by atoms with E-state index in [1.165, 1.54) is 11.8 Å². The first-order valence-electron chi connectivity index (χ1n) is 4.83. The van der Waals surface area contributed by atoms with Gasteiger partial charge in [0.05, 0.1) is 0 Å². The molecule has 1 aromatic rings. The van der Waals surface area contributed by atoms with Gasteiger partial charge in [-0.15, -0.1) is 0 Å². The van der Waals surface area contributed by atoms with Crippen molar-refractivity contribution in [2.45, 2.75) is 6.92 Å². The molecular weight excluding hydrogens is 270 g/mol. The van der Waals surface area contributed by atoms with E-state index >= 15 is 0 Å². The van der Waals surface area contributed by atoms with Gasteiger partial charge < -0.3 is 10.0 Å². The Balaban J connectivity index is 0.000000459. The van der Waals surface area contributed by atoms with E-state index in [9.17, 15) is 27.2 Å². The minimum absolute atomic E-state index is 0.0584. The average molecular weight is 281 g/mol. The number of rotatable bonds is 1. The third-order valence-electron chi connectivity index (χ3n) is 1.96. The van der Waals surface area contributed by atoms with Crippen LogP contribution in [-0.4, -0.2) is 36.0 Å². The van der Waals surface area contributed by atoms with Crippen LogP contribution in [0.2, 0.25) is 0 Å². The summed E-state index contributed by atoms with van der Waals surface area (Å²) in [5, 5.41) is 8.18. The quantitative estimate of drug-likeness (QED) is 0.633. The third-order valence-corrected chi connectivity index (χ3v) is 1.96. The Labute approximate surface area is 106 Å². The molecule has 0 spiro atoms. The molecule has 106 valence electrons. The number of carboxylic acids is 1. The topological polar surface area (TPSA) is 57.6 Å². The van der Waals surface area contributed by atoms with Crippen molar-refractivity contribution < 1.29 is 32.3 Å². The summed E-state index contributed by atoms with van der Waals surface area (Å²) in [4.78, 5) is 21.7. The van der Waals surface area contributed by atoms with E-state index in [4.69, 9.17) is 5.11 Å². The van der Waals surface area contributed by atoms with Gasteiger partial charge in [-0.3, -0.25) is 4.79 Å². The Hall–Kier alpha value is -2.12. The smallest absolute Gasteiger partial charge is 0.341 e. The van der Waals surface area contributed by atoms with Crippen LogP contribution in [-0.2, 0) is 4.79 Å². The van der Waals surface area contributed by atoms with Gasteiger partial charge in [0.25, 0.3) is 0 Å². The second kappa shape index (κ2) is 6.72. The largest absolute Gasteiger partial charge is 0.477 e. The second-order valence-corrected chi connectivity index (χ2v) is 3.56. The van der Waals surface area contributed by atoms with Crippen molar-refractivity contribution >= 4 is 11.9 Å². The molecule has 0 bridgehead atoms. The Kier molecular flexibility index (Phi) is 5.97. The molecule has 0 saturated carbocycles. The number of carbonyl (C=O) groups excluding carboxylic acids is 1. The molecule has 0 saturated heterocycles. The minimum atomic E-state index is -2.06. The molecule has 0 aliphatic rings. The lowest BCUT2D eigenvalue weighted by Crippen LogP contribution is -2.17. The molecule has 0 aromatic heterocycles. The molecular formula is C11H11F4NO3. The molecule has 0 unspecified atom stereocenters.